The van der Waals surface area contributed by atoms with Gasteiger partial charge >= 0.3 is 5.97 Å². The standard InChI is InChI=1S/C20H21ClN4O2S/c1-12-13(2)28-19-17(12)18(23-11-24-19)25-7-5-15(6-8-25)20(26)27-10-14-3-4-16(21)22-9-14/h3-4,9,11,15H,5-8,10H2,1-2H3. The number of fused-ring (bicyclic) bond motifs is 1. The third-order valence-electron chi connectivity index (χ3n) is 5.24. The Kier molecular flexibility index (Phi) is 5.46. The third kappa shape index (κ3) is 3.82. The van der Waals surface area contributed by atoms with E-state index in [0.717, 1.165) is 47.5 Å². The Morgan fingerprint density at radius 1 is 1.25 bits per heavy atom. The van der Waals surface area contributed by atoms with Crippen molar-refractivity contribution in [1.82, 2.24) is 15.0 Å². The summed E-state index contributed by atoms with van der Waals surface area (Å²) < 4.78 is 5.48. The second-order valence-electron chi connectivity index (χ2n) is 7.02. The number of carbonyl (C=O) groups excluding carboxylic acids is 1. The Labute approximate surface area is 172 Å². The van der Waals surface area contributed by atoms with Gasteiger partial charge < -0.3 is 9.64 Å². The molecule has 1 aliphatic rings. The normalized spacial score (nSPS) is 15.2. The molecule has 0 N–H and O–H groups in total. The molecule has 0 saturated carbocycles. The van der Waals surface area contributed by atoms with Crippen molar-refractivity contribution >= 4 is 44.9 Å². The SMILES string of the molecule is Cc1sc2ncnc(N3CCC(C(=O)OCc4ccc(Cl)nc4)CC3)c2c1C. The van der Waals surface area contributed by atoms with E-state index in [0.29, 0.717) is 5.15 Å². The van der Waals surface area contributed by atoms with Gasteiger partial charge in [-0.25, -0.2) is 15.0 Å². The lowest BCUT2D eigenvalue weighted by Crippen LogP contribution is -2.37. The lowest BCUT2D eigenvalue weighted by Gasteiger charge is -2.32. The number of pyridine rings is 1. The average Bonchev–Trinajstić information content (AvgIpc) is 3.01. The van der Waals surface area contributed by atoms with Gasteiger partial charge in [0, 0.05) is 29.7 Å². The van der Waals surface area contributed by atoms with Crippen molar-refractivity contribution in [3.8, 4) is 0 Å². The number of piperidine rings is 1. The number of carbonyl (C=O) groups is 1. The molecule has 8 heteroatoms. The fourth-order valence-electron chi connectivity index (χ4n) is 3.49. The van der Waals surface area contributed by atoms with E-state index in [1.165, 1.54) is 10.4 Å². The van der Waals surface area contributed by atoms with E-state index in [1.807, 2.05) is 6.07 Å². The molecule has 1 aliphatic heterocycles. The van der Waals surface area contributed by atoms with Crippen molar-refractivity contribution in [1.29, 1.82) is 0 Å². The minimum absolute atomic E-state index is 0.0841. The van der Waals surface area contributed by atoms with Crippen molar-refractivity contribution in [3.63, 3.8) is 0 Å². The Hall–Kier alpha value is -2.25. The van der Waals surface area contributed by atoms with Gasteiger partial charge in [0.05, 0.1) is 11.3 Å². The van der Waals surface area contributed by atoms with Crippen molar-refractivity contribution < 1.29 is 9.53 Å². The van der Waals surface area contributed by atoms with Gasteiger partial charge in [0.1, 0.15) is 28.7 Å². The van der Waals surface area contributed by atoms with Gasteiger partial charge in [-0.1, -0.05) is 17.7 Å². The number of aromatic nitrogens is 3. The molecule has 0 amide bonds. The number of halogens is 1. The van der Waals surface area contributed by atoms with Crippen LogP contribution in [0.25, 0.3) is 10.2 Å². The Morgan fingerprint density at radius 3 is 2.75 bits per heavy atom. The molecule has 146 valence electrons. The van der Waals surface area contributed by atoms with Crippen LogP contribution in [-0.4, -0.2) is 34.0 Å². The number of anilines is 1. The summed E-state index contributed by atoms with van der Waals surface area (Å²) in [6, 6.07) is 3.51. The summed E-state index contributed by atoms with van der Waals surface area (Å²) in [5, 5.41) is 1.57. The molecule has 3 aromatic rings. The third-order valence-corrected chi connectivity index (χ3v) is 6.58. The van der Waals surface area contributed by atoms with Crippen molar-refractivity contribution in [3.05, 3.63) is 45.8 Å². The zero-order valence-electron chi connectivity index (χ0n) is 15.8. The van der Waals surface area contributed by atoms with Crippen LogP contribution >= 0.6 is 22.9 Å². The van der Waals surface area contributed by atoms with Gasteiger partial charge in [0.25, 0.3) is 0 Å². The molecule has 0 radical (unpaired) electrons. The van der Waals surface area contributed by atoms with Crippen LogP contribution in [0.15, 0.2) is 24.7 Å². The molecule has 1 fully saturated rings. The van der Waals surface area contributed by atoms with Crippen LogP contribution < -0.4 is 4.90 Å². The Balaban J connectivity index is 1.38. The number of aryl methyl sites for hydroxylation is 2. The minimum Gasteiger partial charge on any atom is -0.461 e. The second kappa shape index (κ2) is 8.01. The van der Waals surface area contributed by atoms with Gasteiger partial charge in [-0.05, 0) is 38.3 Å². The molecule has 1 saturated heterocycles. The Bertz CT molecular complexity index is 997. The molecule has 0 aromatic carbocycles. The van der Waals surface area contributed by atoms with E-state index < -0.39 is 0 Å². The highest BCUT2D eigenvalue weighted by Gasteiger charge is 2.28. The van der Waals surface area contributed by atoms with Gasteiger partial charge in [0.2, 0.25) is 0 Å². The molecule has 0 aliphatic carbocycles. The van der Waals surface area contributed by atoms with Crippen molar-refractivity contribution in [2.24, 2.45) is 5.92 Å². The second-order valence-corrected chi connectivity index (χ2v) is 8.61. The fraction of sp³-hybridized carbons (Fsp3) is 0.400. The van der Waals surface area contributed by atoms with Crippen LogP contribution in [0.3, 0.4) is 0 Å². The molecule has 0 unspecified atom stereocenters. The number of nitrogens with zero attached hydrogens (tertiary/aromatic N) is 4. The molecule has 28 heavy (non-hydrogen) atoms. The quantitative estimate of drug-likeness (QED) is 0.466. The molecule has 6 nitrogen and oxygen atoms in total. The number of hydrogen-bond acceptors (Lipinski definition) is 7. The van der Waals surface area contributed by atoms with Crippen LogP contribution in [0, 0.1) is 19.8 Å². The number of rotatable bonds is 4. The zero-order valence-corrected chi connectivity index (χ0v) is 17.4. The molecule has 3 aromatic heterocycles. The van der Waals surface area contributed by atoms with E-state index in [4.69, 9.17) is 16.3 Å². The topological polar surface area (TPSA) is 68.2 Å². The highest BCUT2D eigenvalue weighted by atomic mass is 35.5. The summed E-state index contributed by atoms with van der Waals surface area (Å²) in [5.41, 5.74) is 2.08. The van der Waals surface area contributed by atoms with Crippen molar-refractivity contribution in [2.75, 3.05) is 18.0 Å². The molecule has 4 rings (SSSR count). The van der Waals surface area contributed by atoms with Crippen molar-refractivity contribution in [2.45, 2.75) is 33.3 Å². The maximum Gasteiger partial charge on any atom is 0.309 e. The first kappa shape index (κ1) is 19.1. The van der Waals surface area contributed by atoms with Crippen LogP contribution in [0.4, 0.5) is 5.82 Å². The maximum absolute atomic E-state index is 12.4. The maximum atomic E-state index is 12.4. The molecular formula is C20H21ClN4O2S. The molecule has 4 heterocycles. The van der Waals surface area contributed by atoms with Crippen LogP contribution in [0.1, 0.15) is 28.8 Å². The summed E-state index contributed by atoms with van der Waals surface area (Å²) in [4.78, 5) is 30.0. The predicted octanol–water partition coefficient (Wildman–Crippen LogP) is 4.32. The number of esters is 1. The smallest absolute Gasteiger partial charge is 0.309 e. The first-order valence-electron chi connectivity index (χ1n) is 9.25. The zero-order chi connectivity index (χ0) is 19.7. The molecule has 0 bridgehead atoms. The summed E-state index contributed by atoms with van der Waals surface area (Å²) in [7, 11) is 0. The monoisotopic (exact) mass is 416 g/mol. The highest BCUT2D eigenvalue weighted by Crippen LogP contribution is 2.35. The molecular weight excluding hydrogens is 396 g/mol. The fourth-order valence-corrected chi connectivity index (χ4v) is 4.60. The van der Waals surface area contributed by atoms with E-state index in [1.54, 1.807) is 29.9 Å². The highest BCUT2D eigenvalue weighted by molar-refractivity contribution is 7.18. The van der Waals surface area contributed by atoms with Gasteiger partial charge in [-0.2, -0.15) is 0 Å². The predicted molar refractivity (Wildman–Crippen MR) is 111 cm³/mol. The van der Waals surface area contributed by atoms with Crippen LogP contribution in [0.5, 0.6) is 0 Å². The largest absolute Gasteiger partial charge is 0.461 e. The number of hydrogen-bond donors (Lipinski definition) is 0. The number of ether oxygens (including phenoxy) is 1. The van der Waals surface area contributed by atoms with Gasteiger partial charge in [0.15, 0.2) is 0 Å². The summed E-state index contributed by atoms with van der Waals surface area (Å²) in [6.45, 7) is 6.02. The Morgan fingerprint density at radius 2 is 2.04 bits per heavy atom. The summed E-state index contributed by atoms with van der Waals surface area (Å²) in [5.74, 6) is 0.745. The first-order chi connectivity index (χ1) is 13.5. The minimum atomic E-state index is -0.148. The van der Waals surface area contributed by atoms with Crippen LogP contribution in [-0.2, 0) is 16.1 Å². The average molecular weight is 417 g/mol. The molecule has 0 spiro atoms. The lowest BCUT2D eigenvalue weighted by molar-refractivity contribution is -0.150. The van der Waals surface area contributed by atoms with E-state index in [9.17, 15) is 4.79 Å². The van der Waals surface area contributed by atoms with Gasteiger partial charge in [-0.3, -0.25) is 4.79 Å². The lowest BCUT2D eigenvalue weighted by atomic mass is 9.96. The summed E-state index contributed by atoms with van der Waals surface area (Å²) in [6.07, 6.45) is 4.77. The summed E-state index contributed by atoms with van der Waals surface area (Å²) >= 11 is 7.48. The van der Waals surface area contributed by atoms with E-state index in [-0.39, 0.29) is 18.5 Å². The van der Waals surface area contributed by atoms with E-state index >= 15 is 0 Å². The first-order valence-corrected chi connectivity index (χ1v) is 10.4. The number of thiophene rings is 1. The van der Waals surface area contributed by atoms with Crippen LogP contribution in [0.2, 0.25) is 5.15 Å². The van der Waals surface area contributed by atoms with Gasteiger partial charge in [-0.15, -0.1) is 11.3 Å². The van der Waals surface area contributed by atoms with E-state index in [2.05, 4.69) is 33.7 Å². The molecule has 0 atom stereocenters.